The summed E-state index contributed by atoms with van der Waals surface area (Å²) in [6.07, 6.45) is 9.63. The molecular formula is C27H34N2O2. The Hall–Kier alpha value is -2.43. The molecule has 0 radical (unpaired) electrons. The third kappa shape index (κ3) is 6.05. The zero-order valence-electron chi connectivity index (χ0n) is 18.4. The molecule has 4 nitrogen and oxygen atoms in total. The highest BCUT2D eigenvalue weighted by Crippen LogP contribution is 2.40. The lowest BCUT2D eigenvalue weighted by Gasteiger charge is -2.30. The van der Waals surface area contributed by atoms with Crippen molar-refractivity contribution in [3.05, 3.63) is 76.9 Å². The van der Waals surface area contributed by atoms with Gasteiger partial charge in [-0.25, -0.2) is 4.79 Å². The molecule has 2 aliphatic carbocycles. The predicted octanol–water partition coefficient (Wildman–Crippen LogP) is 5.26. The molecule has 0 bridgehead atoms. The molecule has 2 aromatic carbocycles. The number of nitrogens with one attached hydrogen (secondary N) is 2. The van der Waals surface area contributed by atoms with Gasteiger partial charge in [0.2, 0.25) is 0 Å². The maximum atomic E-state index is 11.0. The van der Waals surface area contributed by atoms with Crippen molar-refractivity contribution in [2.45, 2.75) is 70.1 Å². The minimum Gasteiger partial charge on any atom is -0.478 e. The topological polar surface area (TPSA) is 61.4 Å². The Bertz CT molecular complexity index is 883. The minimum atomic E-state index is -0.871. The van der Waals surface area contributed by atoms with E-state index in [0.717, 1.165) is 18.5 Å². The van der Waals surface area contributed by atoms with Crippen LogP contribution in [-0.4, -0.2) is 29.2 Å². The van der Waals surface area contributed by atoms with Gasteiger partial charge in [-0.15, -0.1) is 0 Å². The summed E-state index contributed by atoms with van der Waals surface area (Å²) in [5.74, 6) is -0.167. The molecule has 31 heavy (non-hydrogen) atoms. The van der Waals surface area contributed by atoms with Crippen LogP contribution < -0.4 is 10.6 Å². The zero-order valence-corrected chi connectivity index (χ0v) is 18.4. The second-order valence-corrected chi connectivity index (χ2v) is 9.03. The van der Waals surface area contributed by atoms with E-state index in [0.29, 0.717) is 29.6 Å². The van der Waals surface area contributed by atoms with Crippen LogP contribution in [0.3, 0.4) is 0 Å². The van der Waals surface area contributed by atoms with Gasteiger partial charge in [0.05, 0.1) is 5.56 Å². The Kier molecular flexibility index (Phi) is 7.21. The van der Waals surface area contributed by atoms with Gasteiger partial charge in [0.15, 0.2) is 0 Å². The van der Waals surface area contributed by atoms with Crippen molar-refractivity contribution in [3.63, 3.8) is 0 Å². The third-order valence-electron chi connectivity index (χ3n) is 6.80. The van der Waals surface area contributed by atoms with Crippen LogP contribution >= 0.6 is 0 Å². The number of carboxylic acid groups (broad SMARTS) is 1. The highest BCUT2D eigenvalue weighted by molar-refractivity contribution is 5.87. The van der Waals surface area contributed by atoms with Crippen molar-refractivity contribution in [1.82, 2.24) is 10.6 Å². The Morgan fingerprint density at radius 2 is 1.68 bits per heavy atom. The van der Waals surface area contributed by atoms with E-state index in [-0.39, 0.29) is 0 Å². The molecule has 0 aromatic heterocycles. The molecule has 2 fully saturated rings. The van der Waals surface area contributed by atoms with Gasteiger partial charge in [-0.3, -0.25) is 0 Å². The van der Waals surface area contributed by atoms with Crippen molar-refractivity contribution in [3.8, 4) is 0 Å². The summed E-state index contributed by atoms with van der Waals surface area (Å²) >= 11 is 0. The maximum Gasteiger partial charge on any atom is 0.335 e. The first-order valence-corrected chi connectivity index (χ1v) is 11.7. The summed E-state index contributed by atoms with van der Waals surface area (Å²) in [5.41, 5.74) is 4.38. The minimum absolute atomic E-state index is 0.346. The van der Waals surface area contributed by atoms with Gasteiger partial charge in [-0.05, 0) is 67.7 Å². The van der Waals surface area contributed by atoms with E-state index in [1.54, 1.807) is 17.7 Å². The lowest BCUT2D eigenvalue weighted by molar-refractivity contribution is 0.0697. The van der Waals surface area contributed by atoms with Crippen LogP contribution in [0.4, 0.5) is 0 Å². The SMILES string of the molecule is CC/C(=C\c1ccccc1)[C@@H]1C[C@H]1N[C@H]1CC[C@H](NCc2ccc(C(=O)O)cc2)CC1. The highest BCUT2D eigenvalue weighted by atomic mass is 16.4. The van der Waals surface area contributed by atoms with Crippen molar-refractivity contribution in [2.75, 3.05) is 0 Å². The van der Waals surface area contributed by atoms with E-state index in [4.69, 9.17) is 5.11 Å². The average Bonchev–Trinajstić information content (AvgIpc) is 3.56. The number of hydrogen-bond acceptors (Lipinski definition) is 3. The molecule has 4 rings (SSSR count). The molecule has 164 valence electrons. The number of carbonyl (C=O) groups is 1. The van der Waals surface area contributed by atoms with Crippen LogP contribution in [0, 0.1) is 5.92 Å². The van der Waals surface area contributed by atoms with Crippen molar-refractivity contribution >= 4 is 12.0 Å². The van der Waals surface area contributed by atoms with E-state index >= 15 is 0 Å². The second-order valence-electron chi connectivity index (χ2n) is 9.03. The smallest absolute Gasteiger partial charge is 0.335 e. The molecule has 2 aliphatic rings. The first kappa shape index (κ1) is 21.8. The fraction of sp³-hybridized carbons (Fsp3) is 0.444. The summed E-state index contributed by atoms with van der Waals surface area (Å²) in [6, 6.07) is 19.7. The molecule has 0 heterocycles. The summed E-state index contributed by atoms with van der Waals surface area (Å²) < 4.78 is 0. The van der Waals surface area contributed by atoms with Gasteiger partial charge in [-0.1, -0.05) is 61.0 Å². The molecule has 0 amide bonds. The van der Waals surface area contributed by atoms with Gasteiger partial charge >= 0.3 is 5.97 Å². The molecule has 4 heteroatoms. The molecule has 2 saturated carbocycles. The third-order valence-corrected chi connectivity index (χ3v) is 6.80. The number of carboxylic acids is 1. The largest absolute Gasteiger partial charge is 0.478 e. The molecule has 0 unspecified atom stereocenters. The molecule has 3 N–H and O–H groups in total. The van der Waals surface area contributed by atoms with Gasteiger partial charge in [0.25, 0.3) is 0 Å². The first-order valence-electron chi connectivity index (χ1n) is 11.7. The molecule has 2 atom stereocenters. The number of benzene rings is 2. The van der Waals surface area contributed by atoms with E-state index in [2.05, 4.69) is 54.0 Å². The van der Waals surface area contributed by atoms with Crippen molar-refractivity contribution < 1.29 is 9.90 Å². The second kappa shape index (κ2) is 10.3. The monoisotopic (exact) mass is 418 g/mol. The molecular weight excluding hydrogens is 384 g/mol. The quantitative estimate of drug-likeness (QED) is 0.520. The zero-order chi connectivity index (χ0) is 21.6. The molecule has 0 spiro atoms. The van der Waals surface area contributed by atoms with E-state index in [9.17, 15) is 4.79 Å². The standard InChI is InChI=1S/C27H34N2O2/c1-2-21(16-19-6-4-3-5-7-19)25-17-26(25)29-24-14-12-23(13-15-24)28-18-20-8-10-22(11-9-20)27(30)31/h3-11,16,23-26,28-29H,2,12-15,17-18H2,1H3,(H,30,31)/b21-16+/t23-,24-,25-,26+/m0/s1. The normalized spacial score (nSPS) is 25.9. The Labute approximate surface area is 185 Å². The number of aromatic carboxylic acids is 1. The summed E-state index contributed by atoms with van der Waals surface area (Å²) in [7, 11) is 0. The van der Waals surface area contributed by atoms with Crippen LogP contribution in [0.25, 0.3) is 6.08 Å². The van der Waals surface area contributed by atoms with Crippen molar-refractivity contribution in [2.24, 2.45) is 5.92 Å². The summed E-state index contributed by atoms with van der Waals surface area (Å²) in [4.78, 5) is 11.0. The first-order chi connectivity index (χ1) is 15.1. The summed E-state index contributed by atoms with van der Waals surface area (Å²) in [6.45, 7) is 3.08. The van der Waals surface area contributed by atoms with E-state index in [1.165, 1.54) is 37.7 Å². The highest BCUT2D eigenvalue weighted by Gasteiger charge is 2.40. The van der Waals surface area contributed by atoms with E-state index < -0.39 is 5.97 Å². The van der Waals surface area contributed by atoms with Gasteiger partial charge in [0.1, 0.15) is 0 Å². The lowest BCUT2D eigenvalue weighted by Crippen LogP contribution is -2.40. The summed E-state index contributed by atoms with van der Waals surface area (Å²) in [5, 5.41) is 16.6. The van der Waals surface area contributed by atoms with Gasteiger partial charge < -0.3 is 15.7 Å². The predicted molar refractivity (Wildman–Crippen MR) is 126 cm³/mol. The molecule has 0 saturated heterocycles. The Balaban J connectivity index is 1.18. The number of rotatable bonds is 9. The molecule has 0 aliphatic heterocycles. The number of hydrogen-bond donors (Lipinski definition) is 3. The average molecular weight is 419 g/mol. The van der Waals surface area contributed by atoms with Crippen LogP contribution in [0.2, 0.25) is 0 Å². The molecule has 2 aromatic rings. The fourth-order valence-corrected chi connectivity index (χ4v) is 4.82. The van der Waals surface area contributed by atoms with Crippen LogP contribution in [0.15, 0.2) is 60.2 Å². The fourth-order valence-electron chi connectivity index (χ4n) is 4.82. The van der Waals surface area contributed by atoms with Crippen LogP contribution in [0.1, 0.15) is 66.9 Å². The Morgan fingerprint density at radius 3 is 2.32 bits per heavy atom. The van der Waals surface area contributed by atoms with E-state index in [1.807, 2.05) is 12.1 Å². The van der Waals surface area contributed by atoms with Gasteiger partial charge in [-0.2, -0.15) is 0 Å². The van der Waals surface area contributed by atoms with Crippen LogP contribution in [0.5, 0.6) is 0 Å². The van der Waals surface area contributed by atoms with Crippen molar-refractivity contribution in [1.29, 1.82) is 0 Å². The Morgan fingerprint density at radius 1 is 1.00 bits per heavy atom. The van der Waals surface area contributed by atoms with Gasteiger partial charge in [0, 0.05) is 24.7 Å². The lowest BCUT2D eigenvalue weighted by atomic mass is 9.91. The maximum absolute atomic E-state index is 11.0. The van der Waals surface area contributed by atoms with Crippen LogP contribution in [-0.2, 0) is 6.54 Å².